The van der Waals surface area contributed by atoms with Crippen LogP contribution in [-0.4, -0.2) is 23.6 Å². The van der Waals surface area contributed by atoms with Gasteiger partial charge in [-0.3, -0.25) is 9.59 Å². The lowest BCUT2D eigenvalue weighted by Gasteiger charge is -2.15. The first-order valence-electron chi connectivity index (χ1n) is 6.62. The van der Waals surface area contributed by atoms with Gasteiger partial charge in [-0.05, 0) is 28.1 Å². The number of carbonyl (C=O) groups excluding carboxylic acids is 2. The fourth-order valence-electron chi connectivity index (χ4n) is 1.94. The van der Waals surface area contributed by atoms with Crippen molar-refractivity contribution in [2.45, 2.75) is 19.4 Å². The molecule has 110 valence electrons. The van der Waals surface area contributed by atoms with Gasteiger partial charge in [0.05, 0.1) is 10.3 Å². The van der Waals surface area contributed by atoms with Gasteiger partial charge in [0.2, 0.25) is 5.91 Å². The molecule has 1 aromatic heterocycles. The molecule has 0 spiro atoms. The maximum Gasteiger partial charge on any atom is 0.223 e. The van der Waals surface area contributed by atoms with E-state index in [0.29, 0.717) is 12.1 Å². The maximum atomic E-state index is 12.1. The molecule has 0 aliphatic carbocycles. The molecule has 0 saturated heterocycles. The van der Waals surface area contributed by atoms with Gasteiger partial charge in [0, 0.05) is 30.3 Å². The second kappa shape index (κ2) is 7.52. The third-order valence-electron chi connectivity index (χ3n) is 3.11. The second-order valence-corrected chi connectivity index (χ2v) is 7.29. The summed E-state index contributed by atoms with van der Waals surface area (Å²) in [7, 11) is 1.77. The lowest BCUT2D eigenvalue weighted by molar-refractivity contribution is -0.130. The van der Waals surface area contributed by atoms with Gasteiger partial charge < -0.3 is 4.90 Å². The van der Waals surface area contributed by atoms with Gasteiger partial charge in [-0.25, -0.2) is 0 Å². The monoisotopic (exact) mass is 365 g/mol. The molecule has 0 N–H and O–H groups in total. The number of rotatable bonds is 6. The first kappa shape index (κ1) is 15.9. The molecule has 3 nitrogen and oxygen atoms in total. The molecule has 1 amide bonds. The van der Waals surface area contributed by atoms with Crippen molar-refractivity contribution in [2.75, 3.05) is 7.05 Å². The van der Waals surface area contributed by atoms with Crippen LogP contribution in [0.5, 0.6) is 0 Å². The zero-order valence-corrected chi connectivity index (χ0v) is 14.1. The van der Waals surface area contributed by atoms with Crippen molar-refractivity contribution in [3.05, 3.63) is 56.7 Å². The topological polar surface area (TPSA) is 37.4 Å². The van der Waals surface area contributed by atoms with Crippen LogP contribution in [0.1, 0.15) is 28.1 Å². The molecule has 0 atom stereocenters. The predicted octanol–water partition coefficient (Wildman–Crippen LogP) is 4.13. The Morgan fingerprint density at radius 3 is 2.43 bits per heavy atom. The Balaban J connectivity index is 1.82. The van der Waals surface area contributed by atoms with Crippen LogP contribution in [0.15, 0.2) is 46.3 Å². The summed E-state index contributed by atoms with van der Waals surface area (Å²) in [5, 5.41) is 0. The standard InChI is InChI=1S/C16H16BrNO2S/c1-18(11-13-7-9-15(17)21-13)16(20)10-8-14(19)12-5-3-2-4-6-12/h2-7,9H,8,10-11H2,1H3. The maximum absolute atomic E-state index is 12.1. The van der Waals surface area contributed by atoms with Crippen molar-refractivity contribution in [1.29, 1.82) is 0 Å². The number of hydrogen-bond acceptors (Lipinski definition) is 3. The first-order valence-corrected chi connectivity index (χ1v) is 8.23. The number of ketones is 1. The number of nitrogens with zero attached hydrogens (tertiary/aromatic N) is 1. The first-order chi connectivity index (χ1) is 10.1. The van der Waals surface area contributed by atoms with Crippen LogP contribution >= 0.6 is 27.3 Å². The summed E-state index contributed by atoms with van der Waals surface area (Å²) in [6, 6.07) is 13.0. The second-order valence-electron chi connectivity index (χ2n) is 4.74. The number of carbonyl (C=O) groups is 2. The quantitative estimate of drug-likeness (QED) is 0.721. The average Bonchev–Trinajstić information content (AvgIpc) is 2.90. The van der Waals surface area contributed by atoms with Gasteiger partial charge in [-0.1, -0.05) is 30.3 Å². The Hall–Kier alpha value is -1.46. The molecule has 0 aliphatic rings. The summed E-state index contributed by atoms with van der Waals surface area (Å²) >= 11 is 5.02. The molecule has 1 heterocycles. The Bertz CT molecular complexity index is 624. The van der Waals surface area contributed by atoms with Crippen LogP contribution in [-0.2, 0) is 11.3 Å². The summed E-state index contributed by atoms with van der Waals surface area (Å²) in [5.41, 5.74) is 0.662. The molecular formula is C16H16BrNO2S. The number of halogens is 1. The molecule has 0 radical (unpaired) electrons. The minimum atomic E-state index is -0.0104. The lowest BCUT2D eigenvalue weighted by atomic mass is 10.1. The predicted molar refractivity (Wildman–Crippen MR) is 88.5 cm³/mol. The van der Waals surface area contributed by atoms with Gasteiger partial charge in [-0.15, -0.1) is 11.3 Å². The van der Waals surface area contributed by atoms with Crippen molar-refractivity contribution in [3.63, 3.8) is 0 Å². The van der Waals surface area contributed by atoms with Gasteiger partial charge in [0.15, 0.2) is 5.78 Å². The molecule has 1 aromatic carbocycles. The zero-order chi connectivity index (χ0) is 15.2. The van der Waals surface area contributed by atoms with Crippen molar-refractivity contribution in [3.8, 4) is 0 Å². The minimum Gasteiger partial charge on any atom is -0.341 e. The van der Waals surface area contributed by atoms with Crippen molar-refractivity contribution >= 4 is 39.0 Å². The number of Topliss-reactive ketones (excluding diaryl/α,β-unsaturated/α-hetero) is 1. The number of amides is 1. The van der Waals surface area contributed by atoms with Gasteiger partial charge in [0.1, 0.15) is 0 Å². The smallest absolute Gasteiger partial charge is 0.223 e. The normalized spacial score (nSPS) is 10.4. The highest BCUT2D eigenvalue weighted by molar-refractivity contribution is 9.11. The van der Waals surface area contributed by atoms with Crippen LogP contribution < -0.4 is 0 Å². The average molecular weight is 366 g/mol. The van der Waals surface area contributed by atoms with Crippen LogP contribution in [0.25, 0.3) is 0 Å². The van der Waals surface area contributed by atoms with E-state index >= 15 is 0 Å². The molecular weight excluding hydrogens is 350 g/mol. The van der Waals surface area contributed by atoms with Crippen molar-refractivity contribution in [2.24, 2.45) is 0 Å². The van der Waals surface area contributed by atoms with E-state index in [1.807, 2.05) is 30.3 Å². The third-order valence-corrected chi connectivity index (χ3v) is 4.72. The Kier molecular flexibility index (Phi) is 5.70. The molecule has 0 unspecified atom stereocenters. The summed E-state index contributed by atoms with van der Waals surface area (Å²) < 4.78 is 1.05. The minimum absolute atomic E-state index is 0.0104. The van der Waals surface area contributed by atoms with E-state index < -0.39 is 0 Å². The third kappa shape index (κ3) is 4.79. The summed E-state index contributed by atoms with van der Waals surface area (Å²) in [6.45, 7) is 0.578. The molecule has 21 heavy (non-hydrogen) atoms. The molecule has 5 heteroatoms. The SMILES string of the molecule is CN(Cc1ccc(Br)s1)C(=O)CCC(=O)c1ccccc1. The fourth-order valence-corrected chi connectivity index (χ4v) is 3.48. The van der Waals surface area contributed by atoms with E-state index in [1.165, 1.54) is 0 Å². The zero-order valence-electron chi connectivity index (χ0n) is 11.7. The summed E-state index contributed by atoms with van der Waals surface area (Å²) in [6.07, 6.45) is 0.498. The van der Waals surface area contributed by atoms with E-state index in [4.69, 9.17) is 0 Å². The highest BCUT2D eigenvalue weighted by Crippen LogP contribution is 2.23. The summed E-state index contributed by atoms with van der Waals surface area (Å²) in [4.78, 5) is 26.8. The number of benzene rings is 1. The summed E-state index contributed by atoms with van der Waals surface area (Å²) in [5.74, 6) is 0.0000200. The van der Waals surface area contributed by atoms with Crippen LogP contribution in [0, 0.1) is 0 Å². The Morgan fingerprint density at radius 1 is 1.10 bits per heavy atom. The van der Waals surface area contributed by atoms with Crippen LogP contribution in [0.4, 0.5) is 0 Å². The molecule has 0 saturated carbocycles. The number of hydrogen-bond donors (Lipinski definition) is 0. The van der Waals surface area contributed by atoms with Gasteiger partial charge >= 0.3 is 0 Å². The largest absolute Gasteiger partial charge is 0.341 e. The van der Waals surface area contributed by atoms with Gasteiger partial charge in [0.25, 0.3) is 0 Å². The molecule has 0 fully saturated rings. The fraction of sp³-hybridized carbons (Fsp3) is 0.250. The van der Waals surface area contributed by atoms with E-state index in [-0.39, 0.29) is 24.5 Å². The van der Waals surface area contributed by atoms with E-state index in [0.717, 1.165) is 8.66 Å². The van der Waals surface area contributed by atoms with Crippen molar-refractivity contribution in [1.82, 2.24) is 4.90 Å². The Labute approximate surface area is 136 Å². The Morgan fingerprint density at radius 2 is 1.81 bits per heavy atom. The van der Waals surface area contributed by atoms with E-state index in [2.05, 4.69) is 15.9 Å². The van der Waals surface area contributed by atoms with E-state index in [9.17, 15) is 9.59 Å². The van der Waals surface area contributed by atoms with Crippen LogP contribution in [0.2, 0.25) is 0 Å². The van der Waals surface area contributed by atoms with Gasteiger partial charge in [-0.2, -0.15) is 0 Å². The molecule has 2 rings (SSSR count). The molecule has 2 aromatic rings. The van der Waals surface area contributed by atoms with Crippen LogP contribution in [0.3, 0.4) is 0 Å². The highest BCUT2D eigenvalue weighted by atomic mass is 79.9. The molecule has 0 aliphatic heterocycles. The van der Waals surface area contributed by atoms with Crippen molar-refractivity contribution < 1.29 is 9.59 Å². The molecule has 0 bridgehead atoms. The highest BCUT2D eigenvalue weighted by Gasteiger charge is 2.13. The lowest BCUT2D eigenvalue weighted by Crippen LogP contribution is -2.26. The van der Waals surface area contributed by atoms with E-state index in [1.54, 1.807) is 35.4 Å². The number of thiophene rings is 1.